The van der Waals surface area contributed by atoms with Gasteiger partial charge in [0.1, 0.15) is 0 Å². The lowest BCUT2D eigenvalue weighted by Crippen LogP contribution is -2.39. The number of hydrogen-bond donors (Lipinski definition) is 3. The molecule has 0 aliphatic carbocycles. The minimum absolute atomic E-state index is 0.130. The highest BCUT2D eigenvalue weighted by Crippen LogP contribution is 1.76. The van der Waals surface area contributed by atoms with Gasteiger partial charge in [0.25, 0.3) is 10.4 Å². The Morgan fingerprint density at radius 3 is 2.70 bits per heavy atom. The van der Waals surface area contributed by atoms with Crippen LogP contribution in [0.2, 0.25) is 0 Å². The van der Waals surface area contributed by atoms with Crippen LogP contribution in [0.1, 0.15) is 6.92 Å². The Morgan fingerprint density at radius 2 is 2.30 bits per heavy atom. The van der Waals surface area contributed by atoms with Gasteiger partial charge >= 0.3 is 0 Å². The predicted octanol–water partition coefficient (Wildman–Crippen LogP) is 0.452. The summed E-state index contributed by atoms with van der Waals surface area (Å²) in [5.41, 5.74) is 4.46. The molecular weight excluding hydrogens is 172 g/mol. The van der Waals surface area contributed by atoms with Gasteiger partial charge in [-0.3, -0.25) is 15.6 Å². The zero-order valence-electron chi connectivity index (χ0n) is 5.38. The first-order chi connectivity index (χ1) is 4.66. The lowest BCUT2D eigenvalue weighted by Gasteiger charge is -2.06. The second-order valence-electron chi connectivity index (χ2n) is 1.28. The van der Waals surface area contributed by atoms with Gasteiger partial charge in [0.15, 0.2) is 0 Å². The Balaban J connectivity index is 3.30. The number of nitrogens with one attached hydrogen (secondary N) is 2. The molecule has 0 atom stereocenters. The molecule has 0 radical (unpaired) electrons. The molecule has 0 rings (SSSR count). The molecule has 0 unspecified atom stereocenters. The predicted molar refractivity (Wildman–Crippen MR) is 44.9 cm³/mol. The van der Waals surface area contributed by atoms with E-state index in [4.69, 9.17) is 4.74 Å². The fourth-order valence-corrected chi connectivity index (χ4v) is 0.496. The zero-order chi connectivity index (χ0) is 7.98. The third-order valence-corrected chi connectivity index (χ3v) is 0.879. The highest BCUT2D eigenvalue weighted by Gasteiger charge is 1.93. The normalized spacial score (nSPS) is 8.20. The number of ether oxygens (including phenoxy) is 1. The summed E-state index contributed by atoms with van der Waals surface area (Å²) in [6, 6.07) is 0. The molecule has 0 saturated heterocycles. The van der Waals surface area contributed by atoms with Gasteiger partial charge in [0, 0.05) is 0 Å². The number of thiol groups is 1. The minimum atomic E-state index is -0.512. The van der Waals surface area contributed by atoms with Crippen LogP contribution in [0.4, 0.5) is 4.79 Å². The maximum Gasteiger partial charge on any atom is 0.294 e. The third kappa shape index (κ3) is 5.64. The largest absolute Gasteiger partial charge is 0.470 e. The van der Waals surface area contributed by atoms with Gasteiger partial charge in [-0.1, -0.05) is 12.6 Å². The number of hydrazine groups is 1. The van der Waals surface area contributed by atoms with Crippen molar-refractivity contribution in [1.82, 2.24) is 10.9 Å². The minimum Gasteiger partial charge on any atom is -0.470 e. The van der Waals surface area contributed by atoms with Crippen LogP contribution in [-0.2, 0) is 4.74 Å². The molecule has 0 bridgehead atoms. The number of carbonyl (C=O) groups is 1. The first-order valence-electron chi connectivity index (χ1n) is 2.58. The highest BCUT2D eigenvalue weighted by molar-refractivity contribution is 7.96. The highest BCUT2D eigenvalue weighted by atomic mass is 32.1. The molecule has 4 nitrogen and oxygen atoms in total. The van der Waals surface area contributed by atoms with Gasteiger partial charge < -0.3 is 4.74 Å². The maximum absolute atomic E-state index is 10.1. The number of rotatable bonds is 1. The van der Waals surface area contributed by atoms with Crippen molar-refractivity contribution in [1.29, 1.82) is 0 Å². The van der Waals surface area contributed by atoms with Crippen LogP contribution in [0, 0.1) is 0 Å². The van der Waals surface area contributed by atoms with E-state index in [0.717, 1.165) is 0 Å². The molecular formula is C4H8N2O2S2. The molecule has 2 N–H and O–H groups in total. The van der Waals surface area contributed by atoms with Crippen molar-refractivity contribution in [3.8, 4) is 0 Å². The first kappa shape index (κ1) is 9.51. The van der Waals surface area contributed by atoms with Gasteiger partial charge in [-0.15, -0.1) is 0 Å². The van der Waals surface area contributed by atoms with E-state index in [1.54, 1.807) is 6.92 Å². The Hall–Kier alpha value is -0.490. The van der Waals surface area contributed by atoms with Crippen LogP contribution >= 0.6 is 24.8 Å². The van der Waals surface area contributed by atoms with Crippen molar-refractivity contribution < 1.29 is 9.53 Å². The molecule has 6 heteroatoms. The summed E-state index contributed by atoms with van der Waals surface area (Å²) in [7, 11) is 0. The topological polar surface area (TPSA) is 50.4 Å². The molecule has 0 aromatic rings. The summed E-state index contributed by atoms with van der Waals surface area (Å²) < 4.78 is 4.76. The van der Waals surface area contributed by atoms with E-state index in [1.807, 2.05) is 0 Å². The van der Waals surface area contributed by atoms with E-state index in [1.165, 1.54) is 0 Å². The number of thiocarbonyl (C=S) groups is 1. The number of hydrogen-bond acceptors (Lipinski definition) is 3. The zero-order valence-corrected chi connectivity index (χ0v) is 7.09. The SMILES string of the molecule is CCOC(=S)NNC(=O)S. The third-order valence-electron chi connectivity index (χ3n) is 0.547. The summed E-state index contributed by atoms with van der Waals surface area (Å²) in [6.07, 6.45) is 0. The summed E-state index contributed by atoms with van der Waals surface area (Å²) in [4.78, 5) is 10.1. The fourth-order valence-electron chi connectivity index (χ4n) is 0.272. The molecule has 0 aliphatic rings. The molecule has 0 aliphatic heterocycles. The van der Waals surface area contributed by atoms with E-state index in [9.17, 15) is 4.79 Å². The Labute approximate surface area is 69.7 Å². The van der Waals surface area contributed by atoms with Crippen LogP contribution in [-0.4, -0.2) is 17.0 Å². The van der Waals surface area contributed by atoms with Crippen molar-refractivity contribution >= 4 is 35.3 Å². The van der Waals surface area contributed by atoms with Crippen LogP contribution in [0.5, 0.6) is 0 Å². The van der Waals surface area contributed by atoms with E-state index in [-0.39, 0.29) is 5.17 Å². The van der Waals surface area contributed by atoms with Gasteiger partial charge in [0.05, 0.1) is 6.61 Å². The molecule has 1 amide bonds. The lowest BCUT2D eigenvalue weighted by molar-refractivity contribution is 0.256. The molecule has 10 heavy (non-hydrogen) atoms. The van der Waals surface area contributed by atoms with Gasteiger partial charge in [-0.2, -0.15) is 0 Å². The van der Waals surface area contributed by atoms with E-state index in [0.29, 0.717) is 6.61 Å². The lowest BCUT2D eigenvalue weighted by atomic mass is 10.9. The summed E-state index contributed by atoms with van der Waals surface area (Å²) in [6.45, 7) is 2.25. The molecule has 0 saturated carbocycles. The molecule has 0 aromatic heterocycles. The summed E-state index contributed by atoms with van der Waals surface area (Å²) in [5, 5.41) is -0.382. The summed E-state index contributed by atoms with van der Waals surface area (Å²) >= 11 is 8.00. The number of amides is 1. The van der Waals surface area contributed by atoms with Gasteiger partial charge in [0.2, 0.25) is 0 Å². The Kier molecular flexibility index (Phi) is 5.05. The quantitative estimate of drug-likeness (QED) is 0.311. The maximum atomic E-state index is 10.1. The average Bonchev–Trinajstić information content (AvgIpc) is 1.85. The van der Waals surface area contributed by atoms with Crippen LogP contribution in [0.25, 0.3) is 0 Å². The molecule has 0 heterocycles. The molecule has 58 valence electrons. The van der Waals surface area contributed by atoms with E-state index in [2.05, 4.69) is 35.7 Å². The van der Waals surface area contributed by atoms with Gasteiger partial charge in [-0.25, -0.2) is 0 Å². The molecule has 0 aromatic carbocycles. The monoisotopic (exact) mass is 180 g/mol. The summed E-state index contributed by atoms with van der Waals surface area (Å²) in [5.74, 6) is 0. The van der Waals surface area contributed by atoms with E-state index >= 15 is 0 Å². The van der Waals surface area contributed by atoms with Crippen molar-refractivity contribution in [2.45, 2.75) is 6.92 Å². The van der Waals surface area contributed by atoms with Gasteiger partial charge in [-0.05, 0) is 19.1 Å². The van der Waals surface area contributed by atoms with Crippen molar-refractivity contribution in [2.75, 3.05) is 6.61 Å². The molecule has 0 spiro atoms. The Morgan fingerprint density at radius 1 is 1.70 bits per heavy atom. The second-order valence-corrected chi connectivity index (χ2v) is 2.05. The van der Waals surface area contributed by atoms with Crippen LogP contribution in [0.15, 0.2) is 0 Å². The second kappa shape index (κ2) is 5.31. The standard InChI is InChI=1S/C4H8N2O2S2/c1-2-8-4(10)6-5-3(7)9/h2H2,1H3,(H,6,10)(H2,5,7,9). The van der Waals surface area contributed by atoms with Crippen LogP contribution in [0.3, 0.4) is 0 Å². The van der Waals surface area contributed by atoms with Crippen molar-refractivity contribution in [3.05, 3.63) is 0 Å². The smallest absolute Gasteiger partial charge is 0.294 e. The van der Waals surface area contributed by atoms with E-state index < -0.39 is 5.24 Å². The van der Waals surface area contributed by atoms with Crippen LogP contribution < -0.4 is 10.9 Å². The molecule has 0 fully saturated rings. The number of carbonyl (C=O) groups excluding carboxylic acids is 1. The van der Waals surface area contributed by atoms with Crippen molar-refractivity contribution in [2.24, 2.45) is 0 Å². The average molecular weight is 180 g/mol. The fraction of sp³-hybridized carbons (Fsp3) is 0.500. The first-order valence-corrected chi connectivity index (χ1v) is 3.44. The Bertz CT molecular complexity index is 139. The van der Waals surface area contributed by atoms with Crippen molar-refractivity contribution in [3.63, 3.8) is 0 Å².